The Kier molecular flexibility index (Phi) is 6.91. The molecule has 0 bridgehead atoms. The molecule has 1 aliphatic carbocycles. The molecule has 2 aromatic rings. The van der Waals surface area contributed by atoms with Crippen molar-refractivity contribution in [3.05, 3.63) is 29.3 Å². The van der Waals surface area contributed by atoms with E-state index in [9.17, 15) is 4.79 Å². The minimum Gasteiger partial charge on any atom is -0.353 e. The fourth-order valence-electron chi connectivity index (χ4n) is 3.21. The fraction of sp³-hybridized carbons (Fsp3) is 0.526. The Morgan fingerprint density at radius 3 is 2.69 bits per heavy atom. The molecule has 5 nitrogen and oxygen atoms in total. The molecule has 140 valence electrons. The minimum absolute atomic E-state index is 0.0981. The van der Waals surface area contributed by atoms with Crippen LogP contribution in [0.1, 0.15) is 49.7 Å². The van der Waals surface area contributed by atoms with Crippen LogP contribution in [0, 0.1) is 13.8 Å². The van der Waals surface area contributed by atoms with Gasteiger partial charge in [-0.05, 0) is 38.3 Å². The summed E-state index contributed by atoms with van der Waals surface area (Å²) in [6.07, 6.45) is 7.26. The number of benzene rings is 1. The maximum absolute atomic E-state index is 12.2. The highest BCUT2D eigenvalue weighted by atomic mass is 32.2. The van der Waals surface area contributed by atoms with E-state index in [1.807, 2.05) is 0 Å². The smallest absolute Gasteiger partial charge is 0.230 e. The third kappa shape index (κ3) is 5.71. The van der Waals surface area contributed by atoms with Crippen LogP contribution in [0.3, 0.4) is 0 Å². The summed E-state index contributed by atoms with van der Waals surface area (Å²) in [6.45, 7) is 4.15. The molecule has 1 aromatic carbocycles. The molecule has 0 radical (unpaired) electrons. The lowest BCUT2D eigenvalue weighted by molar-refractivity contribution is -0.119. The van der Waals surface area contributed by atoms with Crippen molar-refractivity contribution in [2.24, 2.45) is 0 Å². The summed E-state index contributed by atoms with van der Waals surface area (Å²) in [4.78, 5) is 12.2. The van der Waals surface area contributed by atoms with Gasteiger partial charge < -0.3 is 10.6 Å². The van der Waals surface area contributed by atoms with Gasteiger partial charge in [0.2, 0.25) is 11.0 Å². The van der Waals surface area contributed by atoms with Gasteiger partial charge in [-0.15, -0.1) is 10.2 Å². The predicted octanol–water partition coefficient (Wildman–Crippen LogP) is 4.83. The van der Waals surface area contributed by atoms with Crippen molar-refractivity contribution in [2.45, 2.75) is 62.8 Å². The molecule has 0 saturated heterocycles. The lowest BCUT2D eigenvalue weighted by atomic mass is 10.1. The van der Waals surface area contributed by atoms with Gasteiger partial charge in [-0.2, -0.15) is 0 Å². The molecule has 1 aromatic heterocycles. The molecular weight excluding hydrogens is 364 g/mol. The molecule has 2 N–H and O–H groups in total. The average Bonchev–Trinajstić information content (AvgIpc) is 2.90. The van der Waals surface area contributed by atoms with Gasteiger partial charge in [-0.25, -0.2) is 0 Å². The molecule has 0 spiro atoms. The van der Waals surface area contributed by atoms with Gasteiger partial charge in [0.15, 0.2) is 4.34 Å². The summed E-state index contributed by atoms with van der Waals surface area (Å²) in [6, 6.07) is 6.61. The zero-order valence-corrected chi connectivity index (χ0v) is 17.0. The number of amides is 1. The normalized spacial score (nSPS) is 15.5. The van der Waals surface area contributed by atoms with Crippen LogP contribution in [0.15, 0.2) is 22.5 Å². The summed E-state index contributed by atoms with van der Waals surface area (Å²) in [5, 5.41) is 15.6. The van der Waals surface area contributed by atoms with E-state index in [1.54, 1.807) is 0 Å². The molecule has 0 aliphatic heterocycles. The average molecular weight is 391 g/mol. The topological polar surface area (TPSA) is 66.9 Å². The van der Waals surface area contributed by atoms with Gasteiger partial charge in [0.05, 0.1) is 5.75 Å². The van der Waals surface area contributed by atoms with E-state index in [1.165, 1.54) is 59.9 Å². The van der Waals surface area contributed by atoms with E-state index >= 15 is 0 Å². The maximum Gasteiger partial charge on any atom is 0.230 e. The Morgan fingerprint density at radius 2 is 1.96 bits per heavy atom. The summed E-state index contributed by atoms with van der Waals surface area (Å²) in [7, 11) is 0. The van der Waals surface area contributed by atoms with Crippen molar-refractivity contribution in [1.82, 2.24) is 15.5 Å². The number of carbonyl (C=O) groups is 1. The zero-order valence-electron chi connectivity index (χ0n) is 15.4. The molecular formula is C19H26N4OS2. The van der Waals surface area contributed by atoms with Gasteiger partial charge in [0.25, 0.3) is 0 Å². The number of aryl methyl sites for hydroxylation is 2. The first-order valence-corrected chi connectivity index (χ1v) is 11.0. The van der Waals surface area contributed by atoms with E-state index in [4.69, 9.17) is 0 Å². The largest absolute Gasteiger partial charge is 0.353 e. The molecule has 26 heavy (non-hydrogen) atoms. The molecule has 7 heteroatoms. The van der Waals surface area contributed by atoms with Gasteiger partial charge in [0.1, 0.15) is 0 Å². The maximum atomic E-state index is 12.2. The molecule has 1 saturated carbocycles. The lowest BCUT2D eigenvalue weighted by Crippen LogP contribution is -2.35. The Hall–Kier alpha value is -1.60. The van der Waals surface area contributed by atoms with Crippen molar-refractivity contribution in [3.63, 3.8) is 0 Å². The number of carbonyl (C=O) groups excluding carboxylic acids is 1. The van der Waals surface area contributed by atoms with Crippen molar-refractivity contribution in [1.29, 1.82) is 0 Å². The van der Waals surface area contributed by atoms with E-state index in [0.717, 1.165) is 28.0 Å². The highest BCUT2D eigenvalue weighted by Gasteiger charge is 2.15. The van der Waals surface area contributed by atoms with Crippen LogP contribution in [-0.2, 0) is 4.79 Å². The van der Waals surface area contributed by atoms with Crippen LogP contribution < -0.4 is 10.6 Å². The number of aromatic nitrogens is 2. The highest BCUT2D eigenvalue weighted by Crippen LogP contribution is 2.29. The number of nitrogens with zero attached hydrogens (tertiary/aromatic N) is 2. The number of hydrogen-bond acceptors (Lipinski definition) is 6. The SMILES string of the molecule is Cc1ccc(Nc2nnc(SCC(=O)NC3CCCCCC3)s2)c(C)c1. The van der Waals surface area contributed by atoms with Crippen LogP contribution in [-0.4, -0.2) is 27.9 Å². The monoisotopic (exact) mass is 390 g/mol. The standard InChI is InChI=1S/C19H26N4OS2/c1-13-9-10-16(14(2)11-13)21-18-22-23-19(26-18)25-12-17(24)20-15-7-5-3-4-6-8-15/h9-11,15H,3-8,12H2,1-2H3,(H,20,24)(H,21,22). The Bertz CT molecular complexity index is 739. The second kappa shape index (κ2) is 9.37. The predicted molar refractivity (Wildman–Crippen MR) is 109 cm³/mol. The molecule has 1 fully saturated rings. The summed E-state index contributed by atoms with van der Waals surface area (Å²) < 4.78 is 0.813. The molecule has 3 rings (SSSR count). The van der Waals surface area contributed by atoms with Crippen molar-refractivity contribution >= 4 is 39.8 Å². The quantitative estimate of drug-likeness (QED) is 0.546. The molecule has 1 aliphatic rings. The van der Waals surface area contributed by atoms with Crippen LogP contribution in [0.25, 0.3) is 0 Å². The lowest BCUT2D eigenvalue weighted by Gasteiger charge is -2.15. The molecule has 0 unspecified atom stereocenters. The molecule has 0 atom stereocenters. The Labute approximate surface area is 163 Å². The van der Waals surface area contributed by atoms with Gasteiger partial charge >= 0.3 is 0 Å². The number of hydrogen-bond donors (Lipinski definition) is 2. The first-order valence-electron chi connectivity index (χ1n) is 9.20. The van der Waals surface area contributed by atoms with Crippen molar-refractivity contribution < 1.29 is 4.79 Å². The third-order valence-electron chi connectivity index (χ3n) is 4.58. The summed E-state index contributed by atoms with van der Waals surface area (Å²) in [5.41, 5.74) is 3.45. The van der Waals surface area contributed by atoms with Gasteiger partial charge in [-0.1, -0.05) is 66.5 Å². The highest BCUT2D eigenvalue weighted by molar-refractivity contribution is 8.01. The number of anilines is 2. The number of rotatable bonds is 6. The van der Waals surface area contributed by atoms with Gasteiger partial charge in [-0.3, -0.25) is 4.79 Å². The molecule has 1 heterocycles. The van der Waals surface area contributed by atoms with E-state index < -0.39 is 0 Å². The van der Waals surface area contributed by atoms with Crippen LogP contribution in [0.2, 0.25) is 0 Å². The second-order valence-electron chi connectivity index (χ2n) is 6.86. The van der Waals surface area contributed by atoms with E-state index in [-0.39, 0.29) is 5.91 Å². The third-order valence-corrected chi connectivity index (χ3v) is 6.55. The molecule has 1 amide bonds. The zero-order chi connectivity index (χ0) is 18.4. The van der Waals surface area contributed by atoms with E-state index in [0.29, 0.717) is 11.8 Å². The van der Waals surface area contributed by atoms with Crippen molar-refractivity contribution in [3.8, 4) is 0 Å². The van der Waals surface area contributed by atoms with Gasteiger partial charge in [0, 0.05) is 11.7 Å². The summed E-state index contributed by atoms with van der Waals surface area (Å²) in [5.74, 6) is 0.496. The number of thioether (sulfide) groups is 1. The summed E-state index contributed by atoms with van der Waals surface area (Å²) >= 11 is 2.93. The fourth-order valence-corrected chi connectivity index (χ4v) is 4.78. The van der Waals surface area contributed by atoms with Crippen LogP contribution in [0.5, 0.6) is 0 Å². The number of nitrogens with one attached hydrogen (secondary N) is 2. The Morgan fingerprint density at radius 1 is 1.19 bits per heavy atom. The van der Waals surface area contributed by atoms with Crippen LogP contribution >= 0.6 is 23.1 Å². The van der Waals surface area contributed by atoms with Crippen LogP contribution in [0.4, 0.5) is 10.8 Å². The Balaban J connectivity index is 1.48. The first kappa shape index (κ1) is 19.2. The minimum atomic E-state index is 0.0981. The van der Waals surface area contributed by atoms with Crippen molar-refractivity contribution in [2.75, 3.05) is 11.1 Å². The first-order chi connectivity index (χ1) is 12.6. The van der Waals surface area contributed by atoms with E-state index in [2.05, 4.69) is 52.9 Å². The second-order valence-corrected chi connectivity index (χ2v) is 9.06.